The molecule has 0 spiro atoms. The first kappa shape index (κ1) is 12.9. The largest absolute Gasteiger partial charge is 0.352 e. The highest BCUT2D eigenvalue weighted by molar-refractivity contribution is 6.06. The van der Waals surface area contributed by atoms with E-state index in [2.05, 4.69) is 20.3 Å². The van der Waals surface area contributed by atoms with E-state index >= 15 is 0 Å². The van der Waals surface area contributed by atoms with Crippen LogP contribution in [0.4, 0.5) is 0 Å². The van der Waals surface area contributed by atoms with Crippen LogP contribution in [0.3, 0.4) is 0 Å². The van der Waals surface area contributed by atoms with E-state index in [4.69, 9.17) is 5.53 Å². The number of carbonyl (C=O) groups is 1. The monoisotopic (exact) mass is 255 g/mol. The Morgan fingerprint density at radius 3 is 3.11 bits per heavy atom. The third-order valence-electron chi connectivity index (χ3n) is 2.67. The molecule has 1 aromatic heterocycles. The lowest BCUT2D eigenvalue weighted by atomic mass is 10.1. The zero-order valence-corrected chi connectivity index (χ0v) is 10.3. The molecule has 1 heterocycles. The quantitative estimate of drug-likeness (QED) is 0.385. The standard InChI is InChI=1S/C13H13N5O/c14-18-17-9-3-8-16-13(19)11-4-1-6-12-10(11)5-2-7-15-12/h1-2,4-7H,3,8-9H2,(H,16,19). The predicted molar refractivity (Wildman–Crippen MR) is 72.7 cm³/mol. The molecule has 6 heteroatoms. The fourth-order valence-corrected chi connectivity index (χ4v) is 1.79. The lowest BCUT2D eigenvalue weighted by Crippen LogP contribution is -2.25. The Labute approximate surface area is 110 Å². The normalized spacial score (nSPS) is 9.89. The van der Waals surface area contributed by atoms with E-state index in [0.29, 0.717) is 25.1 Å². The highest BCUT2D eigenvalue weighted by atomic mass is 16.1. The van der Waals surface area contributed by atoms with Crippen molar-refractivity contribution in [2.45, 2.75) is 6.42 Å². The summed E-state index contributed by atoms with van der Waals surface area (Å²) in [5.41, 5.74) is 9.54. The summed E-state index contributed by atoms with van der Waals surface area (Å²) in [5.74, 6) is -0.139. The number of carbonyl (C=O) groups excluding carboxylic acids is 1. The summed E-state index contributed by atoms with van der Waals surface area (Å²) in [5, 5.41) is 7.04. The molecule has 0 saturated carbocycles. The molecule has 0 aliphatic heterocycles. The maximum atomic E-state index is 12.0. The topological polar surface area (TPSA) is 90.8 Å². The van der Waals surface area contributed by atoms with Crippen LogP contribution in [0.1, 0.15) is 16.8 Å². The molecule has 2 rings (SSSR count). The van der Waals surface area contributed by atoms with Gasteiger partial charge in [0, 0.05) is 35.1 Å². The Kier molecular flexibility index (Phi) is 4.31. The average molecular weight is 255 g/mol. The van der Waals surface area contributed by atoms with Gasteiger partial charge in [0.05, 0.1) is 5.52 Å². The second-order valence-corrected chi connectivity index (χ2v) is 3.94. The van der Waals surface area contributed by atoms with Crippen molar-refractivity contribution in [3.8, 4) is 0 Å². The first-order valence-electron chi connectivity index (χ1n) is 5.96. The summed E-state index contributed by atoms with van der Waals surface area (Å²) in [6.07, 6.45) is 2.32. The minimum atomic E-state index is -0.139. The molecular weight excluding hydrogens is 242 g/mol. The van der Waals surface area contributed by atoms with E-state index in [1.165, 1.54) is 0 Å². The number of nitrogens with one attached hydrogen (secondary N) is 1. The SMILES string of the molecule is [N-]=[N+]=NCCCNC(=O)c1cccc2ncccc12. The first-order chi connectivity index (χ1) is 9.33. The van der Waals surface area contributed by atoms with Gasteiger partial charge in [-0.15, -0.1) is 0 Å². The van der Waals surface area contributed by atoms with E-state index in [-0.39, 0.29) is 5.91 Å². The van der Waals surface area contributed by atoms with Crippen molar-refractivity contribution in [3.63, 3.8) is 0 Å². The van der Waals surface area contributed by atoms with Crippen molar-refractivity contribution in [2.24, 2.45) is 5.11 Å². The van der Waals surface area contributed by atoms with Crippen molar-refractivity contribution in [2.75, 3.05) is 13.1 Å². The van der Waals surface area contributed by atoms with Gasteiger partial charge < -0.3 is 5.32 Å². The second kappa shape index (κ2) is 6.37. The molecule has 1 N–H and O–H groups in total. The minimum absolute atomic E-state index is 0.139. The van der Waals surface area contributed by atoms with Gasteiger partial charge in [-0.1, -0.05) is 17.2 Å². The Morgan fingerprint density at radius 2 is 2.26 bits per heavy atom. The zero-order chi connectivity index (χ0) is 13.5. The summed E-state index contributed by atoms with van der Waals surface area (Å²) in [6, 6.07) is 9.13. The molecule has 0 unspecified atom stereocenters. The van der Waals surface area contributed by atoms with E-state index in [1.54, 1.807) is 18.3 Å². The smallest absolute Gasteiger partial charge is 0.251 e. The van der Waals surface area contributed by atoms with Gasteiger partial charge in [-0.25, -0.2) is 0 Å². The zero-order valence-electron chi connectivity index (χ0n) is 10.3. The summed E-state index contributed by atoms with van der Waals surface area (Å²) in [7, 11) is 0. The van der Waals surface area contributed by atoms with Gasteiger partial charge in [0.1, 0.15) is 0 Å². The highest BCUT2D eigenvalue weighted by Crippen LogP contribution is 2.16. The predicted octanol–water partition coefficient (Wildman–Crippen LogP) is 2.67. The van der Waals surface area contributed by atoms with Crippen LogP contribution in [0.5, 0.6) is 0 Å². The van der Waals surface area contributed by atoms with Gasteiger partial charge >= 0.3 is 0 Å². The molecule has 0 atom stereocenters. The third kappa shape index (κ3) is 3.20. The van der Waals surface area contributed by atoms with Gasteiger partial charge in [-0.3, -0.25) is 9.78 Å². The number of benzene rings is 1. The minimum Gasteiger partial charge on any atom is -0.352 e. The molecule has 96 valence electrons. The second-order valence-electron chi connectivity index (χ2n) is 3.94. The maximum Gasteiger partial charge on any atom is 0.251 e. The van der Waals surface area contributed by atoms with Crippen LogP contribution in [0, 0.1) is 0 Å². The number of nitrogens with zero attached hydrogens (tertiary/aromatic N) is 4. The molecule has 0 aliphatic rings. The van der Waals surface area contributed by atoms with Gasteiger partial charge in [-0.2, -0.15) is 0 Å². The molecule has 0 fully saturated rings. The van der Waals surface area contributed by atoms with Crippen LogP contribution >= 0.6 is 0 Å². The number of hydrogen-bond donors (Lipinski definition) is 1. The molecule has 1 aromatic carbocycles. The van der Waals surface area contributed by atoms with Gasteiger partial charge in [0.15, 0.2) is 0 Å². The van der Waals surface area contributed by atoms with Crippen molar-refractivity contribution >= 4 is 16.8 Å². The van der Waals surface area contributed by atoms with Crippen molar-refractivity contribution in [3.05, 3.63) is 52.5 Å². The average Bonchev–Trinajstić information content (AvgIpc) is 2.46. The number of pyridine rings is 1. The first-order valence-corrected chi connectivity index (χ1v) is 5.96. The van der Waals surface area contributed by atoms with Crippen molar-refractivity contribution < 1.29 is 4.79 Å². The number of fused-ring (bicyclic) bond motifs is 1. The Balaban J connectivity index is 2.07. The summed E-state index contributed by atoms with van der Waals surface area (Å²) in [4.78, 5) is 18.9. The van der Waals surface area contributed by atoms with Crippen LogP contribution in [-0.2, 0) is 0 Å². The maximum absolute atomic E-state index is 12.0. The molecule has 0 aliphatic carbocycles. The number of azide groups is 1. The fraction of sp³-hybridized carbons (Fsp3) is 0.231. The van der Waals surface area contributed by atoms with Gasteiger partial charge in [-0.05, 0) is 30.2 Å². The van der Waals surface area contributed by atoms with Gasteiger partial charge in [0.2, 0.25) is 0 Å². The number of amides is 1. The fourth-order valence-electron chi connectivity index (χ4n) is 1.79. The highest BCUT2D eigenvalue weighted by Gasteiger charge is 2.08. The Bertz CT molecular complexity index is 628. The van der Waals surface area contributed by atoms with Crippen LogP contribution < -0.4 is 5.32 Å². The summed E-state index contributed by atoms with van der Waals surface area (Å²) >= 11 is 0. The van der Waals surface area contributed by atoms with Crippen LogP contribution in [0.25, 0.3) is 21.3 Å². The van der Waals surface area contributed by atoms with E-state index in [1.807, 2.05) is 18.2 Å². The summed E-state index contributed by atoms with van der Waals surface area (Å²) in [6.45, 7) is 0.863. The number of aromatic nitrogens is 1. The number of hydrogen-bond acceptors (Lipinski definition) is 3. The molecule has 2 aromatic rings. The van der Waals surface area contributed by atoms with Crippen LogP contribution in [-0.4, -0.2) is 24.0 Å². The summed E-state index contributed by atoms with van der Waals surface area (Å²) < 4.78 is 0. The van der Waals surface area contributed by atoms with E-state index in [9.17, 15) is 4.79 Å². The number of rotatable bonds is 5. The molecule has 6 nitrogen and oxygen atoms in total. The van der Waals surface area contributed by atoms with Crippen molar-refractivity contribution in [1.29, 1.82) is 0 Å². The van der Waals surface area contributed by atoms with Crippen LogP contribution in [0.15, 0.2) is 41.6 Å². The lowest BCUT2D eigenvalue weighted by molar-refractivity contribution is 0.0955. The van der Waals surface area contributed by atoms with Gasteiger partial charge in [0.25, 0.3) is 5.91 Å². The van der Waals surface area contributed by atoms with Crippen molar-refractivity contribution in [1.82, 2.24) is 10.3 Å². The Morgan fingerprint density at radius 1 is 1.37 bits per heavy atom. The molecule has 0 radical (unpaired) electrons. The molecule has 0 saturated heterocycles. The lowest BCUT2D eigenvalue weighted by Gasteiger charge is -2.06. The molecular formula is C13H13N5O. The molecule has 1 amide bonds. The van der Waals surface area contributed by atoms with E-state index < -0.39 is 0 Å². The molecule has 0 bridgehead atoms. The molecule has 19 heavy (non-hydrogen) atoms. The third-order valence-corrected chi connectivity index (χ3v) is 2.67. The van der Waals surface area contributed by atoms with E-state index in [0.717, 1.165) is 10.9 Å². The van der Waals surface area contributed by atoms with Crippen LogP contribution in [0.2, 0.25) is 0 Å². The Hall–Kier alpha value is -2.59.